The Labute approximate surface area is 101 Å². The van der Waals surface area contributed by atoms with Gasteiger partial charge in [-0.25, -0.2) is 4.98 Å². The lowest BCUT2D eigenvalue weighted by molar-refractivity contribution is 0.198. The smallest absolute Gasteiger partial charge is 0.142 e. The summed E-state index contributed by atoms with van der Waals surface area (Å²) < 4.78 is 5.68. The van der Waals surface area contributed by atoms with Crippen LogP contribution in [0, 0.1) is 11.3 Å². The van der Waals surface area contributed by atoms with Crippen molar-refractivity contribution in [2.24, 2.45) is 0 Å². The van der Waals surface area contributed by atoms with Gasteiger partial charge in [0.1, 0.15) is 29.8 Å². The third kappa shape index (κ3) is 2.66. The van der Waals surface area contributed by atoms with Gasteiger partial charge in [0, 0.05) is 12.1 Å². The maximum atomic E-state index is 8.93. The molecule has 1 aliphatic heterocycles. The largest absolute Gasteiger partial charge is 0.490 e. The number of aromatic nitrogens is 1. The molecule has 2 rings (SSSR count). The molecule has 2 heterocycles. The van der Waals surface area contributed by atoms with Gasteiger partial charge in [-0.1, -0.05) is 0 Å². The molecule has 1 saturated heterocycles. The number of ether oxygens (including phenoxy) is 1. The number of nitrogens with two attached hydrogens (primary N) is 1. The summed E-state index contributed by atoms with van der Waals surface area (Å²) in [7, 11) is 2.09. The lowest BCUT2D eigenvalue weighted by Crippen LogP contribution is -2.30. The second kappa shape index (κ2) is 5.02. The minimum atomic E-state index is 0.374. The number of nitrogens with zero attached hydrogens (tertiary/aromatic N) is 3. The summed E-state index contributed by atoms with van der Waals surface area (Å²) in [6, 6.07) is 4.08. The van der Waals surface area contributed by atoms with Crippen molar-refractivity contribution in [3.05, 3.63) is 17.8 Å². The van der Waals surface area contributed by atoms with Crippen LogP contribution in [0.2, 0.25) is 0 Å². The predicted octanol–water partition coefficient (Wildman–Crippen LogP) is 1.01. The van der Waals surface area contributed by atoms with E-state index in [9.17, 15) is 0 Å². The molecule has 0 aromatic carbocycles. The van der Waals surface area contributed by atoms with Crippen LogP contribution < -0.4 is 10.5 Å². The maximum Gasteiger partial charge on any atom is 0.142 e. The normalized spacial score (nSPS) is 20.1. The van der Waals surface area contributed by atoms with E-state index in [0.29, 0.717) is 29.8 Å². The molecule has 0 amide bonds. The molecule has 17 heavy (non-hydrogen) atoms. The average Bonchev–Trinajstić information content (AvgIpc) is 2.72. The Morgan fingerprint density at radius 2 is 2.53 bits per heavy atom. The van der Waals surface area contributed by atoms with Crippen molar-refractivity contribution in [1.29, 1.82) is 5.26 Å². The molecular weight excluding hydrogens is 216 g/mol. The number of nitrogen functional groups attached to an aromatic ring is 1. The standard InChI is InChI=1S/C12H16N4O/c1-16-4-2-3-10(16)8-17-11-5-12(14)15-7-9(11)6-13/h5,7,10H,2-4,8H2,1H3,(H2,14,15). The van der Waals surface area contributed by atoms with Crippen molar-refractivity contribution in [3.63, 3.8) is 0 Å². The van der Waals surface area contributed by atoms with Gasteiger partial charge >= 0.3 is 0 Å². The molecule has 5 nitrogen and oxygen atoms in total. The molecule has 2 N–H and O–H groups in total. The fourth-order valence-corrected chi connectivity index (χ4v) is 2.03. The molecular formula is C12H16N4O. The zero-order chi connectivity index (χ0) is 12.3. The van der Waals surface area contributed by atoms with Gasteiger partial charge < -0.3 is 15.4 Å². The lowest BCUT2D eigenvalue weighted by atomic mass is 10.2. The van der Waals surface area contributed by atoms with E-state index in [1.54, 1.807) is 6.07 Å². The molecule has 1 aromatic heterocycles. The van der Waals surface area contributed by atoms with E-state index in [-0.39, 0.29) is 0 Å². The second-order valence-corrected chi connectivity index (χ2v) is 4.30. The van der Waals surface area contributed by atoms with Crippen molar-refractivity contribution in [1.82, 2.24) is 9.88 Å². The Kier molecular flexibility index (Phi) is 3.45. The first-order valence-electron chi connectivity index (χ1n) is 5.69. The number of likely N-dealkylation sites (tertiary alicyclic amines) is 1. The number of hydrogen-bond donors (Lipinski definition) is 1. The fraction of sp³-hybridized carbons (Fsp3) is 0.500. The summed E-state index contributed by atoms with van der Waals surface area (Å²) in [6.45, 7) is 1.70. The van der Waals surface area contributed by atoms with Gasteiger partial charge in [-0.2, -0.15) is 5.26 Å². The Bertz CT molecular complexity index is 441. The van der Waals surface area contributed by atoms with Gasteiger partial charge in [-0.3, -0.25) is 0 Å². The highest BCUT2D eigenvalue weighted by Crippen LogP contribution is 2.21. The highest BCUT2D eigenvalue weighted by Gasteiger charge is 2.21. The number of nitriles is 1. The Hall–Kier alpha value is -1.80. The van der Waals surface area contributed by atoms with Crippen LogP contribution in [-0.4, -0.2) is 36.1 Å². The summed E-state index contributed by atoms with van der Waals surface area (Å²) >= 11 is 0. The molecule has 0 aliphatic carbocycles. The van der Waals surface area contributed by atoms with E-state index < -0.39 is 0 Å². The first-order chi connectivity index (χ1) is 8.20. The van der Waals surface area contributed by atoms with Crippen LogP contribution in [0.25, 0.3) is 0 Å². The molecule has 0 saturated carbocycles. The van der Waals surface area contributed by atoms with E-state index in [2.05, 4.69) is 23.0 Å². The van der Waals surface area contributed by atoms with Crippen molar-refractivity contribution in [3.8, 4) is 11.8 Å². The summed E-state index contributed by atoms with van der Waals surface area (Å²) in [4.78, 5) is 6.14. The van der Waals surface area contributed by atoms with Gasteiger partial charge in [0.05, 0.1) is 6.20 Å². The minimum Gasteiger partial charge on any atom is -0.490 e. The topological polar surface area (TPSA) is 75.2 Å². The van der Waals surface area contributed by atoms with Gasteiger partial charge in [0.25, 0.3) is 0 Å². The predicted molar refractivity (Wildman–Crippen MR) is 64.5 cm³/mol. The van der Waals surface area contributed by atoms with Crippen LogP contribution in [0.15, 0.2) is 12.3 Å². The first-order valence-corrected chi connectivity index (χ1v) is 5.69. The van der Waals surface area contributed by atoms with Gasteiger partial charge in [-0.05, 0) is 26.4 Å². The molecule has 90 valence electrons. The molecule has 1 aliphatic rings. The van der Waals surface area contributed by atoms with E-state index in [1.807, 2.05) is 0 Å². The van der Waals surface area contributed by atoms with Crippen molar-refractivity contribution in [2.45, 2.75) is 18.9 Å². The molecule has 1 aromatic rings. The SMILES string of the molecule is CN1CCCC1COc1cc(N)ncc1C#N. The van der Waals surface area contributed by atoms with Crippen LogP contribution >= 0.6 is 0 Å². The zero-order valence-electron chi connectivity index (χ0n) is 9.89. The second-order valence-electron chi connectivity index (χ2n) is 4.30. The third-order valence-corrected chi connectivity index (χ3v) is 3.11. The van der Waals surface area contributed by atoms with Crippen molar-refractivity contribution >= 4 is 5.82 Å². The lowest BCUT2D eigenvalue weighted by Gasteiger charge is -2.19. The highest BCUT2D eigenvalue weighted by molar-refractivity contribution is 5.47. The van der Waals surface area contributed by atoms with Crippen LogP contribution in [0.3, 0.4) is 0 Å². The van der Waals surface area contributed by atoms with Crippen LogP contribution in [0.1, 0.15) is 18.4 Å². The summed E-state index contributed by atoms with van der Waals surface area (Å²) in [5.74, 6) is 0.902. The van der Waals surface area contributed by atoms with Crippen molar-refractivity contribution in [2.75, 3.05) is 25.9 Å². The molecule has 0 bridgehead atoms. The van der Waals surface area contributed by atoms with Crippen LogP contribution in [-0.2, 0) is 0 Å². The first kappa shape index (κ1) is 11.7. The molecule has 0 spiro atoms. The zero-order valence-corrected chi connectivity index (χ0v) is 9.89. The van der Waals surface area contributed by atoms with E-state index in [1.165, 1.54) is 12.6 Å². The fourth-order valence-electron chi connectivity index (χ4n) is 2.03. The third-order valence-electron chi connectivity index (χ3n) is 3.11. The quantitative estimate of drug-likeness (QED) is 0.841. The molecule has 0 radical (unpaired) electrons. The minimum absolute atomic E-state index is 0.374. The number of hydrogen-bond acceptors (Lipinski definition) is 5. The average molecular weight is 232 g/mol. The van der Waals surface area contributed by atoms with E-state index >= 15 is 0 Å². The Morgan fingerprint density at radius 1 is 1.71 bits per heavy atom. The Morgan fingerprint density at radius 3 is 3.18 bits per heavy atom. The molecule has 5 heteroatoms. The summed E-state index contributed by atoms with van der Waals surface area (Å²) in [5, 5.41) is 8.93. The molecule has 1 atom stereocenters. The van der Waals surface area contributed by atoms with E-state index in [0.717, 1.165) is 13.0 Å². The van der Waals surface area contributed by atoms with Crippen LogP contribution in [0.5, 0.6) is 5.75 Å². The number of rotatable bonds is 3. The highest BCUT2D eigenvalue weighted by atomic mass is 16.5. The Balaban J connectivity index is 2.03. The number of pyridine rings is 1. The molecule has 1 fully saturated rings. The summed E-state index contributed by atoms with van der Waals surface area (Å²) in [5.41, 5.74) is 6.01. The summed E-state index contributed by atoms with van der Waals surface area (Å²) in [6.07, 6.45) is 3.79. The monoisotopic (exact) mass is 232 g/mol. The van der Waals surface area contributed by atoms with E-state index in [4.69, 9.17) is 15.7 Å². The van der Waals surface area contributed by atoms with Gasteiger partial charge in [-0.15, -0.1) is 0 Å². The number of anilines is 1. The van der Waals surface area contributed by atoms with Crippen LogP contribution in [0.4, 0.5) is 5.82 Å². The van der Waals surface area contributed by atoms with Crippen molar-refractivity contribution < 1.29 is 4.74 Å². The molecule has 1 unspecified atom stereocenters. The maximum absolute atomic E-state index is 8.93. The van der Waals surface area contributed by atoms with Gasteiger partial charge in [0.15, 0.2) is 0 Å². The van der Waals surface area contributed by atoms with Gasteiger partial charge in [0.2, 0.25) is 0 Å². The number of likely N-dealkylation sites (N-methyl/N-ethyl adjacent to an activating group) is 1.